The number of fused-ring (bicyclic) bond motifs is 2. The van der Waals surface area contributed by atoms with Gasteiger partial charge in [0.2, 0.25) is 6.79 Å². The fourth-order valence-corrected chi connectivity index (χ4v) is 2.99. The van der Waals surface area contributed by atoms with Gasteiger partial charge < -0.3 is 19.1 Å². The lowest BCUT2D eigenvalue weighted by atomic mass is 9.99. The molecule has 0 saturated heterocycles. The molecule has 3 rings (SSSR count). The molecule has 1 aromatic carbocycles. The molecule has 5 heteroatoms. The Bertz CT molecular complexity index is 635. The Kier molecular flexibility index (Phi) is 5.23. The maximum absolute atomic E-state index is 5.94. The molecule has 1 atom stereocenters. The number of hydrogen-bond acceptors (Lipinski definition) is 4. The van der Waals surface area contributed by atoms with E-state index < -0.39 is 0 Å². The molecule has 0 bridgehead atoms. The molecule has 138 valence electrons. The number of nitrogens with zero attached hydrogens (tertiary/aromatic N) is 2. The van der Waals surface area contributed by atoms with E-state index >= 15 is 0 Å². The molecule has 0 fully saturated rings. The first kappa shape index (κ1) is 18.1. The van der Waals surface area contributed by atoms with Crippen LogP contribution in [0.15, 0.2) is 17.1 Å². The third-order valence-electron chi connectivity index (χ3n) is 4.61. The molecule has 0 saturated carbocycles. The Morgan fingerprint density at radius 1 is 1.20 bits per heavy atom. The fraction of sp³-hybridized carbons (Fsp3) is 0.650. The average molecular weight is 346 g/mol. The first-order valence-electron chi connectivity index (χ1n) is 9.14. The topological polar surface area (TPSA) is 43.3 Å². The third-order valence-corrected chi connectivity index (χ3v) is 4.61. The Morgan fingerprint density at radius 3 is 2.52 bits per heavy atom. The second-order valence-corrected chi connectivity index (χ2v) is 8.19. The van der Waals surface area contributed by atoms with Crippen LogP contribution in [-0.4, -0.2) is 42.8 Å². The maximum atomic E-state index is 5.94. The van der Waals surface area contributed by atoms with Crippen molar-refractivity contribution in [1.29, 1.82) is 0 Å². The van der Waals surface area contributed by atoms with E-state index in [-0.39, 0.29) is 11.6 Å². The van der Waals surface area contributed by atoms with Gasteiger partial charge in [-0.2, -0.15) is 0 Å². The summed E-state index contributed by atoms with van der Waals surface area (Å²) in [5, 5.41) is 0. The van der Waals surface area contributed by atoms with Gasteiger partial charge in [-0.15, -0.1) is 0 Å². The van der Waals surface area contributed by atoms with Crippen LogP contribution in [0.1, 0.15) is 45.7 Å². The van der Waals surface area contributed by atoms with Crippen molar-refractivity contribution in [2.45, 2.75) is 59.2 Å². The average Bonchev–Trinajstić information content (AvgIpc) is 2.98. The van der Waals surface area contributed by atoms with Crippen molar-refractivity contribution in [3.05, 3.63) is 23.3 Å². The Labute approximate surface area is 151 Å². The molecule has 0 unspecified atom stereocenters. The summed E-state index contributed by atoms with van der Waals surface area (Å²) < 4.78 is 16.9. The first-order valence-corrected chi connectivity index (χ1v) is 9.14. The van der Waals surface area contributed by atoms with Gasteiger partial charge in [-0.1, -0.05) is 13.8 Å². The Morgan fingerprint density at radius 2 is 1.88 bits per heavy atom. The van der Waals surface area contributed by atoms with Crippen LogP contribution in [0.5, 0.6) is 11.5 Å². The van der Waals surface area contributed by atoms with Gasteiger partial charge in [-0.3, -0.25) is 4.99 Å². The molecular weight excluding hydrogens is 316 g/mol. The minimum absolute atomic E-state index is 0.130. The molecule has 0 spiro atoms. The molecule has 0 N–H and O–H groups in total. The normalized spacial score (nSPS) is 18.1. The maximum Gasteiger partial charge on any atom is 0.231 e. The summed E-state index contributed by atoms with van der Waals surface area (Å²) in [5.41, 5.74) is 2.52. The number of benzene rings is 1. The summed E-state index contributed by atoms with van der Waals surface area (Å²) in [6.45, 7) is 13.5. The fourth-order valence-electron chi connectivity index (χ4n) is 2.99. The smallest absolute Gasteiger partial charge is 0.231 e. The Balaban J connectivity index is 1.63. The van der Waals surface area contributed by atoms with E-state index in [9.17, 15) is 0 Å². The summed E-state index contributed by atoms with van der Waals surface area (Å²) in [6.07, 6.45) is 3.01. The molecule has 0 aliphatic carbocycles. The van der Waals surface area contributed by atoms with Gasteiger partial charge >= 0.3 is 0 Å². The zero-order valence-electron chi connectivity index (χ0n) is 16.0. The van der Waals surface area contributed by atoms with Crippen LogP contribution in [-0.2, 0) is 17.7 Å². The van der Waals surface area contributed by atoms with Crippen LogP contribution in [0.25, 0.3) is 0 Å². The van der Waals surface area contributed by atoms with Gasteiger partial charge in [-0.25, -0.2) is 0 Å². The quantitative estimate of drug-likeness (QED) is 0.603. The summed E-state index contributed by atoms with van der Waals surface area (Å²) >= 11 is 0. The van der Waals surface area contributed by atoms with Gasteiger partial charge in [0, 0.05) is 13.1 Å². The lowest BCUT2D eigenvalue weighted by Gasteiger charge is -2.29. The second-order valence-electron chi connectivity index (χ2n) is 8.19. The molecule has 2 heterocycles. The highest BCUT2D eigenvalue weighted by molar-refractivity contribution is 5.58. The van der Waals surface area contributed by atoms with Crippen LogP contribution in [0.3, 0.4) is 0 Å². The highest BCUT2D eigenvalue weighted by Gasteiger charge is 2.22. The highest BCUT2D eigenvalue weighted by Crippen LogP contribution is 2.36. The SMILES string of the molecule is CC(C)[C@@H](COC(C)(C)C)N=CN1CCc2cc3c(cc2C1)OCO3. The van der Waals surface area contributed by atoms with Gasteiger partial charge in [-0.05, 0) is 56.4 Å². The number of aliphatic imine (C=N–C) groups is 1. The van der Waals surface area contributed by atoms with Crippen molar-refractivity contribution in [2.24, 2.45) is 10.9 Å². The van der Waals surface area contributed by atoms with Crippen LogP contribution < -0.4 is 9.47 Å². The van der Waals surface area contributed by atoms with Crippen molar-refractivity contribution in [2.75, 3.05) is 19.9 Å². The van der Waals surface area contributed by atoms with Gasteiger partial charge in [0.25, 0.3) is 0 Å². The van der Waals surface area contributed by atoms with Crippen LogP contribution >= 0.6 is 0 Å². The zero-order valence-corrected chi connectivity index (χ0v) is 16.0. The predicted octanol–water partition coefficient (Wildman–Crippen LogP) is 3.64. The van der Waals surface area contributed by atoms with Crippen LogP contribution in [0.4, 0.5) is 0 Å². The van der Waals surface area contributed by atoms with Crippen LogP contribution in [0, 0.1) is 5.92 Å². The van der Waals surface area contributed by atoms with E-state index in [1.54, 1.807) is 0 Å². The van der Waals surface area contributed by atoms with Crippen molar-refractivity contribution in [3.63, 3.8) is 0 Å². The number of ether oxygens (including phenoxy) is 3. The van der Waals surface area contributed by atoms with E-state index in [2.05, 4.69) is 51.7 Å². The highest BCUT2D eigenvalue weighted by atomic mass is 16.7. The van der Waals surface area contributed by atoms with Crippen molar-refractivity contribution >= 4 is 6.34 Å². The van der Waals surface area contributed by atoms with Gasteiger partial charge in [0.05, 0.1) is 24.6 Å². The molecule has 1 aromatic rings. The predicted molar refractivity (Wildman–Crippen MR) is 99.5 cm³/mol. The Hall–Kier alpha value is -1.75. The molecule has 0 radical (unpaired) electrons. The van der Waals surface area contributed by atoms with E-state index in [1.165, 1.54) is 11.1 Å². The lowest BCUT2D eigenvalue weighted by molar-refractivity contribution is -0.0145. The first-order chi connectivity index (χ1) is 11.8. The second kappa shape index (κ2) is 7.24. The monoisotopic (exact) mass is 346 g/mol. The molecule has 25 heavy (non-hydrogen) atoms. The standard InChI is InChI=1S/C20H30N2O3/c1-14(2)17(11-25-20(3,4)5)21-12-22-7-6-15-8-18-19(24-13-23-18)9-16(15)10-22/h8-9,12,14,17H,6-7,10-11,13H2,1-5H3/t17-/m1/s1. The summed E-state index contributed by atoms with van der Waals surface area (Å²) in [4.78, 5) is 7.09. The minimum Gasteiger partial charge on any atom is -0.454 e. The van der Waals surface area contributed by atoms with E-state index in [0.29, 0.717) is 19.3 Å². The van der Waals surface area contributed by atoms with Gasteiger partial charge in [0.15, 0.2) is 11.5 Å². The summed E-state index contributed by atoms with van der Waals surface area (Å²) in [6, 6.07) is 4.41. The van der Waals surface area contributed by atoms with E-state index in [0.717, 1.165) is 31.0 Å². The van der Waals surface area contributed by atoms with Crippen molar-refractivity contribution in [1.82, 2.24) is 4.90 Å². The summed E-state index contributed by atoms with van der Waals surface area (Å²) in [7, 11) is 0. The third kappa shape index (κ3) is 4.66. The zero-order chi connectivity index (χ0) is 18.0. The summed E-state index contributed by atoms with van der Waals surface area (Å²) in [5.74, 6) is 2.18. The molecule has 0 aromatic heterocycles. The molecule has 5 nitrogen and oxygen atoms in total. The van der Waals surface area contributed by atoms with Crippen molar-refractivity contribution < 1.29 is 14.2 Å². The van der Waals surface area contributed by atoms with Crippen molar-refractivity contribution in [3.8, 4) is 11.5 Å². The largest absolute Gasteiger partial charge is 0.454 e. The number of rotatable bonds is 5. The molecular formula is C20H30N2O3. The van der Waals surface area contributed by atoms with E-state index in [4.69, 9.17) is 19.2 Å². The molecule has 2 aliphatic rings. The molecule has 0 amide bonds. The molecule has 2 aliphatic heterocycles. The van der Waals surface area contributed by atoms with E-state index in [1.807, 2.05) is 6.34 Å². The lowest BCUT2D eigenvalue weighted by Crippen LogP contribution is -2.32. The minimum atomic E-state index is -0.130. The number of hydrogen-bond donors (Lipinski definition) is 0. The van der Waals surface area contributed by atoms with Crippen LogP contribution in [0.2, 0.25) is 0 Å². The van der Waals surface area contributed by atoms with Gasteiger partial charge in [0.1, 0.15) is 0 Å².